The predicted octanol–water partition coefficient (Wildman–Crippen LogP) is 5.22. The molecule has 2 amide bonds. The standard InChI is InChI=1S/C25H25F3N4O2/c1-3-16-10-11-21-20(13-16)29-24(32(21)19-9-6-12-31(15-19)22(33)4-2)30-23(34)17-7-5-8-18(14-17)25(26,27)28/h4-5,7-8,10-11,13-14,19H,2-3,6,9,12,15H2,1H3,(H,29,30,34)/t19-/m1/s1. The first-order chi connectivity index (χ1) is 16.2. The second kappa shape index (κ2) is 9.32. The molecule has 1 fully saturated rings. The fraction of sp³-hybridized carbons (Fsp3) is 0.320. The van der Waals surface area contributed by atoms with Crippen LogP contribution in [0.25, 0.3) is 11.0 Å². The van der Waals surface area contributed by atoms with Crippen LogP contribution in [0.15, 0.2) is 55.1 Å². The number of amides is 2. The summed E-state index contributed by atoms with van der Waals surface area (Å²) >= 11 is 0. The first kappa shape index (κ1) is 23.5. The van der Waals surface area contributed by atoms with Gasteiger partial charge in [-0.15, -0.1) is 0 Å². The van der Waals surface area contributed by atoms with Crippen molar-refractivity contribution in [1.29, 1.82) is 0 Å². The van der Waals surface area contributed by atoms with Crippen molar-refractivity contribution in [3.05, 3.63) is 71.8 Å². The highest BCUT2D eigenvalue weighted by Gasteiger charge is 2.31. The van der Waals surface area contributed by atoms with Crippen molar-refractivity contribution in [2.24, 2.45) is 0 Å². The number of aryl methyl sites for hydroxylation is 1. The van der Waals surface area contributed by atoms with Crippen molar-refractivity contribution in [2.45, 2.75) is 38.4 Å². The summed E-state index contributed by atoms with van der Waals surface area (Å²) < 4.78 is 41.2. The summed E-state index contributed by atoms with van der Waals surface area (Å²) in [6, 6.07) is 9.96. The smallest absolute Gasteiger partial charge is 0.337 e. The Morgan fingerprint density at radius 3 is 2.74 bits per heavy atom. The molecule has 0 aliphatic carbocycles. The number of nitrogens with one attached hydrogen (secondary N) is 1. The van der Waals surface area contributed by atoms with Crippen LogP contribution in [0.4, 0.5) is 19.1 Å². The quantitative estimate of drug-likeness (QED) is 0.520. The second-order valence-corrected chi connectivity index (χ2v) is 8.30. The van der Waals surface area contributed by atoms with Crippen LogP contribution in [-0.2, 0) is 17.4 Å². The van der Waals surface area contributed by atoms with E-state index >= 15 is 0 Å². The molecule has 1 atom stereocenters. The molecule has 2 aromatic carbocycles. The van der Waals surface area contributed by atoms with Crippen molar-refractivity contribution < 1.29 is 22.8 Å². The van der Waals surface area contributed by atoms with Crippen LogP contribution in [0.1, 0.15) is 47.3 Å². The number of carbonyl (C=O) groups is 2. The SMILES string of the molecule is C=CC(=O)N1CCC[C@@H](n2c(NC(=O)c3cccc(C(F)(F)F)c3)nc3cc(CC)ccc32)C1. The van der Waals surface area contributed by atoms with Gasteiger partial charge in [0.05, 0.1) is 22.6 Å². The van der Waals surface area contributed by atoms with Crippen molar-refractivity contribution in [1.82, 2.24) is 14.5 Å². The number of benzene rings is 2. The molecular formula is C25H25F3N4O2. The van der Waals surface area contributed by atoms with E-state index in [0.717, 1.165) is 42.5 Å². The van der Waals surface area contributed by atoms with E-state index in [4.69, 9.17) is 0 Å². The summed E-state index contributed by atoms with van der Waals surface area (Å²) in [5, 5.41) is 2.71. The Morgan fingerprint density at radius 2 is 2.03 bits per heavy atom. The van der Waals surface area contributed by atoms with E-state index in [9.17, 15) is 22.8 Å². The van der Waals surface area contributed by atoms with Gasteiger partial charge in [-0.1, -0.05) is 25.6 Å². The van der Waals surface area contributed by atoms with Crippen LogP contribution in [0.3, 0.4) is 0 Å². The van der Waals surface area contributed by atoms with Gasteiger partial charge in [-0.25, -0.2) is 4.98 Å². The molecule has 2 heterocycles. The molecule has 3 aromatic rings. The van der Waals surface area contributed by atoms with E-state index < -0.39 is 17.6 Å². The number of alkyl halides is 3. The van der Waals surface area contributed by atoms with E-state index in [1.54, 1.807) is 4.90 Å². The van der Waals surface area contributed by atoms with Gasteiger partial charge >= 0.3 is 6.18 Å². The first-order valence-corrected chi connectivity index (χ1v) is 11.1. The molecule has 178 valence electrons. The van der Waals surface area contributed by atoms with E-state index in [1.807, 2.05) is 29.7 Å². The zero-order valence-corrected chi connectivity index (χ0v) is 18.7. The molecule has 1 saturated heterocycles. The Bertz CT molecular complexity index is 1250. The fourth-order valence-electron chi connectivity index (χ4n) is 4.33. The minimum Gasteiger partial charge on any atom is -0.337 e. The third-order valence-electron chi connectivity index (χ3n) is 6.09. The lowest BCUT2D eigenvalue weighted by Crippen LogP contribution is -2.40. The maximum atomic E-state index is 13.1. The molecule has 1 aliphatic rings. The second-order valence-electron chi connectivity index (χ2n) is 8.30. The summed E-state index contributed by atoms with van der Waals surface area (Å²) in [7, 11) is 0. The first-order valence-electron chi connectivity index (χ1n) is 11.1. The van der Waals surface area contributed by atoms with Crippen LogP contribution in [0, 0.1) is 0 Å². The van der Waals surface area contributed by atoms with Crippen LogP contribution in [0.5, 0.6) is 0 Å². The van der Waals surface area contributed by atoms with Crippen LogP contribution in [0.2, 0.25) is 0 Å². The monoisotopic (exact) mass is 470 g/mol. The molecule has 1 aromatic heterocycles. The van der Waals surface area contributed by atoms with Gasteiger partial charge in [0.2, 0.25) is 11.9 Å². The maximum absolute atomic E-state index is 13.1. The van der Waals surface area contributed by atoms with E-state index in [-0.39, 0.29) is 23.5 Å². The Morgan fingerprint density at radius 1 is 1.24 bits per heavy atom. The number of likely N-dealkylation sites (tertiary alicyclic amines) is 1. The molecule has 0 saturated carbocycles. The maximum Gasteiger partial charge on any atom is 0.416 e. The molecule has 1 N–H and O–H groups in total. The van der Waals surface area contributed by atoms with Crippen molar-refractivity contribution in [3.63, 3.8) is 0 Å². The van der Waals surface area contributed by atoms with Crippen LogP contribution < -0.4 is 5.32 Å². The molecule has 1 aliphatic heterocycles. The van der Waals surface area contributed by atoms with Crippen LogP contribution >= 0.6 is 0 Å². The molecule has 0 spiro atoms. The predicted molar refractivity (Wildman–Crippen MR) is 124 cm³/mol. The topological polar surface area (TPSA) is 67.2 Å². The summed E-state index contributed by atoms with van der Waals surface area (Å²) in [4.78, 5) is 31.5. The largest absolute Gasteiger partial charge is 0.416 e. The average molecular weight is 470 g/mol. The third-order valence-corrected chi connectivity index (χ3v) is 6.09. The minimum absolute atomic E-state index is 0.116. The van der Waals surface area contributed by atoms with Crippen LogP contribution in [-0.4, -0.2) is 39.4 Å². The van der Waals surface area contributed by atoms with Gasteiger partial charge in [0.15, 0.2) is 0 Å². The van der Waals surface area contributed by atoms with E-state index in [2.05, 4.69) is 16.9 Å². The molecule has 0 bridgehead atoms. The zero-order chi connectivity index (χ0) is 24.5. The fourth-order valence-corrected chi connectivity index (χ4v) is 4.33. The lowest BCUT2D eigenvalue weighted by molar-refractivity contribution is -0.137. The summed E-state index contributed by atoms with van der Waals surface area (Å²) in [5.41, 5.74) is 1.52. The molecule has 4 rings (SSSR count). The minimum atomic E-state index is -4.55. The summed E-state index contributed by atoms with van der Waals surface area (Å²) in [6.45, 7) is 6.61. The number of rotatable bonds is 5. The number of piperidine rings is 1. The highest BCUT2D eigenvalue weighted by molar-refractivity contribution is 6.04. The Labute approximate surface area is 195 Å². The Hall–Kier alpha value is -3.62. The molecule has 34 heavy (non-hydrogen) atoms. The molecule has 0 unspecified atom stereocenters. The molecule has 6 nitrogen and oxygen atoms in total. The number of fused-ring (bicyclic) bond motifs is 1. The summed E-state index contributed by atoms with van der Waals surface area (Å²) in [6.07, 6.45) is -0.951. The highest BCUT2D eigenvalue weighted by atomic mass is 19.4. The number of anilines is 1. The number of nitrogens with zero attached hydrogens (tertiary/aromatic N) is 3. The van der Waals surface area contributed by atoms with Gasteiger partial charge in [-0.2, -0.15) is 13.2 Å². The van der Waals surface area contributed by atoms with Crippen molar-refractivity contribution in [2.75, 3.05) is 18.4 Å². The summed E-state index contributed by atoms with van der Waals surface area (Å²) in [5.74, 6) is -0.617. The highest BCUT2D eigenvalue weighted by Crippen LogP contribution is 2.32. The molecule has 0 radical (unpaired) electrons. The average Bonchev–Trinajstić information content (AvgIpc) is 3.19. The number of carbonyl (C=O) groups excluding carboxylic acids is 2. The lowest BCUT2D eigenvalue weighted by Gasteiger charge is -2.33. The lowest BCUT2D eigenvalue weighted by atomic mass is 10.0. The van der Waals surface area contributed by atoms with Crippen molar-refractivity contribution in [3.8, 4) is 0 Å². The Balaban J connectivity index is 1.73. The van der Waals surface area contributed by atoms with Gasteiger partial charge in [0, 0.05) is 18.7 Å². The van der Waals surface area contributed by atoms with Gasteiger partial charge < -0.3 is 9.47 Å². The number of hydrogen-bond acceptors (Lipinski definition) is 3. The number of imidazole rings is 1. The number of aromatic nitrogens is 2. The number of halogens is 3. The van der Waals surface area contributed by atoms with E-state index in [0.29, 0.717) is 18.6 Å². The van der Waals surface area contributed by atoms with Gasteiger partial charge in [0.1, 0.15) is 0 Å². The van der Waals surface area contributed by atoms with Gasteiger partial charge in [-0.3, -0.25) is 14.9 Å². The van der Waals surface area contributed by atoms with Crippen molar-refractivity contribution >= 4 is 28.8 Å². The zero-order valence-electron chi connectivity index (χ0n) is 18.7. The molecule has 9 heteroatoms. The van der Waals surface area contributed by atoms with Gasteiger partial charge in [-0.05, 0) is 61.2 Å². The Kier molecular flexibility index (Phi) is 6.45. The number of hydrogen-bond donors (Lipinski definition) is 1. The van der Waals surface area contributed by atoms with E-state index in [1.165, 1.54) is 18.2 Å². The third kappa shape index (κ3) is 4.69. The normalized spacial score (nSPS) is 16.5. The van der Waals surface area contributed by atoms with Gasteiger partial charge in [0.25, 0.3) is 5.91 Å². The molecular weight excluding hydrogens is 445 g/mol.